The summed E-state index contributed by atoms with van der Waals surface area (Å²) >= 11 is 0. The summed E-state index contributed by atoms with van der Waals surface area (Å²) in [6.07, 6.45) is 3.88. The number of nitrogens with one attached hydrogen (secondary N) is 1. The van der Waals surface area contributed by atoms with Gasteiger partial charge in [0.2, 0.25) is 0 Å². The highest BCUT2D eigenvalue weighted by Gasteiger charge is 2.25. The first-order valence-corrected chi connectivity index (χ1v) is 10.6. The highest BCUT2D eigenvalue weighted by molar-refractivity contribution is 6.07. The van der Waals surface area contributed by atoms with E-state index in [4.69, 9.17) is 10.5 Å². The number of benzene rings is 1. The van der Waals surface area contributed by atoms with Gasteiger partial charge in [0.1, 0.15) is 18.2 Å². The van der Waals surface area contributed by atoms with Crippen LogP contribution in [0.2, 0.25) is 0 Å². The van der Waals surface area contributed by atoms with Crippen LogP contribution in [0.25, 0.3) is 0 Å². The summed E-state index contributed by atoms with van der Waals surface area (Å²) in [5.41, 5.74) is 5.41. The van der Waals surface area contributed by atoms with Crippen LogP contribution in [0.4, 0.5) is 11.5 Å². The number of aromatic amines is 1. The molecule has 0 unspecified atom stereocenters. The number of amides is 1. The fraction of sp³-hybridized carbons (Fsp3) is 0.435. The minimum absolute atomic E-state index is 0.00485. The number of nitrogens with zero attached hydrogens (tertiary/aromatic N) is 2. The third-order valence-electron chi connectivity index (χ3n) is 4.86. The zero-order valence-electron chi connectivity index (χ0n) is 18.5. The van der Waals surface area contributed by atoms with Gasteiger partial charge >= 0.3 is 5.69 Å². The van der Waals surface area contributed by atoms with Gasteiger partial charge in [-0.05, 0) is 43.0 Å². The van der Waals surface area contributed by atoms with Crippen LogP contribution in [0.3, 0.4) is 0 Å². The molecule has 0 aliphatic rings. The fourth-order valence-corrected chi connectivity index (χ4v) is 3.08. The van der Waals surface area contributed by atoms with Crippen molar-refractivity contribution in [3.8, 4) is 5.75 Å². The predicted molar refractivity (Wildman–Crippen MR) is 124 cm³/mol. The van der Waals surface area contributed by atoms with Crippen molar-refractivity contribution in [1.82, 2.24) is 9.55 Å². The number of aromatic nitrogens is 2. The standard InChI is InChI=1S/C23H32N4O4/c1-5-7-13-27-20(24)19(21(28)25-23(27)30)26(14-12-16(3)4)22(29)17-8-10-18(11-9-17)31-15-6-2/h6,8-11,16H,2,5,7,12-15,24H2,1,3-4H3,(H,25,28,30). The molecule has 8 nitrogen and oxygen atoms in total. The van der Waals surface area contributed by atoms with E-state index in [0.717, 1.165) is 12.8 Å². The van der Waals surface area contributed by atoms with Crippen LogP contribution >= 0.6 is 0 Å². The molecule has 1 amide bonds. The third-order valence-corrected chi connectivity index (χ3v) is 4.86. The molecule has 0 radical (unpaired) electrons. The Bertz CT molecular complexity index is 1010. The van der Waals surface area contributed by atoms with Crippen molar-refractivity contribution in [3.05, 3.63) is 63.3 Å². The molecule has 0 aliphatic heterocycles. The molecule has 1 heterocycles. The van der Waals surface area contributed by atoms with Crippen molar-refractivity contribution in [2.75, 3.05) is 23.8 Å². The second-order valence-electron chi connectivity index (χ2n) is 7.76. The topological polar surface area (TPSA) is 110 Å². The number of ether oxygens (including phenoxy) is 1. The maximum atomic E-state index is 13.4. The molecule has 1 aromatic carbocycles. The second-order valence-corrected chi connectivity index (χ2v) is 7.76. The maximum absolute atomic E-state index is 13.4. The minimum Gasteiger partial charge on any atom is -0.490 e. The van der Waals surface area contributed by atoms with Crippen molar-refractivity contribution in [2.24, 2.45) is 5.92 Å². The van der Waals surface area contributed by atoms with Gasteiger partial charge in [0, 0.05) is 18.7 Å². The van der Waals surface area contributed by atoms with E-state index in [1.807, 2.05) is 20.8 Å². The van der Waals surface area contributed by atoms with E-state index in [-0.39, 0.29) is 17.4 Å². The van der Waals surface area contributed by atoms with E-state index in [0.29, 0.717) is 43.3 Å². The number of rotatable bonds is 11. The summed E-state index contributed by atoms with van der Waals surface area (Å²) in [7, 11) is 0. The van der Waals surface area contributed by atoms with Crippen LogP contribution in [-0.4, -0.2) is 28.6 Å². The van der Waals surface area contributed by atoms with Gasteiger partial charge < -0.3 is 15.4 Å². The number of H-pyrrole nitrogens is 1. The molecular weight excluding hydrogens is 396 g/mol. The molecule has 3 N–H and O–H groups in total. The molecule has 0 atom stereocenters. The van der Waals surface area contributed by atoms with E-state index in [9.17, 15) is 14.4 Å². The van der Waals surface area contributed by atoms with Crippen LogP contribution in [0.15, 0.2) is 46.5 Å². The van der Waals surface area contributed by atoms with Crippen LogP contribution in [0, 0.1) is 5.92 Å². The van der Waals surface area contributed by atoms with Gasteiger partial charge in [-0.15, -0.1) is 0 Å². The van der Waals surface area contributed by atoms with E-state index in [1.165, 1.54) is 9.47 Å². The van der Waals surface area contributed by atoms with Gasteiger partial charge in [-0.25, -0.2) is 4.79 Å². The van der Waals surface area contributed by atoms with Gasteiger partial charge in [0.15, 0.2) is 5.69 Å². The quantitative estimate of drug-likeness (QED) is 0.534. The summed E-state index contributed by atoms with van der Waals surface area (Å²) in [5, 5.41) is 0. The van der Waals surface area contributed by atoms with Crippen LogP contribution in [-0.2, 0) is 6.54 Å². The Morgan fingerprint density at radius 1 is 1.29 bits per heavy atom. The molecule has 0 saturated carbocycles. The minimum atomic E-state index is -0.668. The first kappa shape index (κ1) is 24.0. The van der Waals surface area contributed by atoms with Gasteiger partial charge in [-0.2, -0.15) is 0 Å². The lowest BCUT2D eigenvalue weighted by molar-refractivity contribution is 0.0985. The van der Waals surface area contributed by atoms with E-state index < -0.39 is 11.2 Å². The van der Waals surface area contributed by atoms with Gasteiger partial charge in [0.05, 0.1) is 0 Å². The summed E-state index contributed by atoms with van der Waals surface area (Å²) in [4.78, 5) is 42.0. The van der Waals surface area contributed by atoms with E-state index in [1.54, 1.807) is 30.3 Å². The number of carbonyl (C=O) groups excluding carboxylic acids is 1. The van der Waals surface area contributed by atoms with Crippen LogP contribution < -0.4 is 26.6 Å². The number of nitrogens with two attached hydrogens (primary N) is 1. The Hall–Kier alpha value is -3.29. The first-order valence-electron chi connectivity index (χ1n) is 10.6. The van der Waals surface area contributed by atoms with E-state index in [2.05, 4.69) is 11.6 Å². The number of hydrogen-bond donors (Lipinski definition) is 2. The zero-order chi connectivity index (χ0) is 23.0. The molecule has 0 saturated heterocycles. The number of nitrogen functional groups attached to an aromatic ring is 1. The molecule has 0 bridgehead atoms. The Labute approximate surface area is 182 Å². The molecule has 2 aromatic rings. The Balaban J connectivity index is 2.49. The normalized spacial score (nSPS) is 10.8. The summed E-state index contributed by atoms with van der Waals surface area (Å²) < 4.78 is 6.78. The molecule has 8 heteroatoms. The molecular formula is C23H32N4O4. The molecule has 0 fully saturated rings. The average Bonchev–Trinajstić information content (AvgIpc) is 2.74. The van der Waals surface area contributed by atoms with Crippen molar-refractivity contribution < 1.29 is 9.53 Å². The molecule has 31 heavy (non-hydrogen) atoms. The third kappa shape index (κ3) is 6.10. The first-order chi connectivity index (χ1) is 14.8. The lowest BCUT2D eigenvalue weighted by Crippen LogP contribution is -2.42. The largest absolute Gasteiger partial charge is 0.490 e. The summed E-state index contributed by atoms with van der Waals surface area (Å²) in [5.74, 6) is 0.547. The zero-order valence-corrected chi connectivity index (χ0v) is 18.5. The van der Waals surface area contributed by atoms with Crippen LogP contribution in [0.5, 0.6) is 5.75 Å². The molecule has 2 rings (SSSR count). The number of anilines is 2. The molecule has 1 aromatic heterocycles. The lowest BCUT2D eigenvalue weighted by atomic mass is 10.1. The number of unbranched alkanes of at least 4 members (excludes halogenated alkanes) is 1. The SMILES string of the molecule is C=CCOc1ccc(C(=O)N(CCC(C)C)c2c(N)n(CCCC)c(=O)[nH]c2=O)cc1. The highest BCUT2D eigenvalue weighted by Crippen LogP contribution is 2.22. The van der Waals surface area contributed by atoms with Gasteiger partial charge in [-0.3, -0.25) is 19.1 Å². The Kier molecular flexibility index (Phi) is 8.66. The van der Waals surface area contributed by atoms with Crippen molar-refractivity contribution in [1.29, 1.82) is 0 Å². The molecule has 168 valence electrons. The van der Waals surface area contributed by atoms with Crippen molar-refractivity contribution in [3.63, 3.8) is 0 Å². The van der Waals surface area contributed by atoms with Crippen molar-refractivity contribution >= 4 is 17.4 Å². The smallest absolute Gasteiger partial charge is 0.330 e. The Morgan fingerprint density at radius 2 is 1.97 bits per heavy atom. The second kappa shape index (κ2) is 11.2. The fourth-order valence-electron chi connectivity index (χ4n) is 3.08. The summed E-state index contributed by atoms with van der Waals surface area (Å²) in [6.45, 7) is 10.7. The lowest BCUT2D eigenvalue weighted by Gasteiger charge is -2.25. The average molecular weight is 429 g/mol. The molecule has 0 spiro atoms. The van der Waals surface area contributed by atoms with Crippen LogP contribution in [0.1, 0.15) is 50.4 Å². The van der Waals surface area contributed by atoms with Gasteiger partial charge in [-0.1, -0.05) is 39.8 Å². The number of hydrogen-bond acceptors (Lipinski definition) is 5. The molecule has 0 aliphatic carbocycles. The number of carbonyl (C=O) groups is 1. The monoisotopic (exact) mass is 428 g/mol. The maximum Gasteiger partial charge on any atom is 0.330 e. The van der Waals surface area contributed by atoms with Crippen molar-refractivity contribution in [2.45, 2.75) is 46.6 Å². The van der Waals surface area contributed by atoms with E-state index >= 15 is 0 Å². The Morgan fingerprint density at radius 3 is 2.55 bits per heavy atom. The summed E-state index contributed by atoms with van der Waals surface area (Å²) in [6, 6.07) is 6.65. The van der Waals surface area contributed by atoms with Gasteiger partial charge in [0.25, 0.3) is 11.5 Å². The highest BCUT2D eigenvalue weighted by atomic mass is 16.5. The predicted octanol–water partition coefficient (Wildman–Crippen LogP) is 3.18.